The molecule has 7 heteroatoms. The molecule has 1 N–H and O–H groups in total. The van der Waals surface area contributed by atoms with Gasteiger partial charge in [0.2, 0.25) is 10.0 Å². The summed E-state index contributed by atoms with van der Waals surface area (Å²) in [4.78, 5) is 11.7. The molecule has 0 fully saturated rings. The number of carbonyl (C=O) groups excluding carboxylic acids is 1. The van der Waals surface area contributed by atoms with Crippen molar-refractivity contribution in [2.24, 2.45) is 0 Å². The van der Waals surface area contributed by atoms with E-state index in [2.05, 4.69) is 0 Å². The average Bonchev–Trinajstić information content (AvgIpc) is 2.38. The molecule has 1 aromatic rings. The molecule has 0 aliphatic carbocycles. The van der Waals surface area contributed by atoms with Gasteiger partial charge in [0.1, 0.15) is 0 Å². The molecule has 0 amide bonds. The fourth-order valence-corrected chi connectivity index (χ4v) is 2.45. The Morgan fingerprint density at radius 1 is 1.30 bits per heavy atom. The molecule has 1 unspecified atom stereocenters. The van der Waals surface area contributed by atoms with Crippen molar-refractivity contribution < 1.29 is 23.1 Å². The van der Waals surface area contributed by atoms with Crippen molar-refractivity contribution in [1.82, 2.24) is 4.31 Å². The maximum Gasteiger partial charge on any atom is 0.342 e. The minimum Gasteiger partial charge on any atom is -0.464 e. The topological polar surface area (TPSA) is 83.9 Å². The Labute approximate surface area is 119 Å². The van der Waals surface area contributed by atoms with E-state index in [0.717, 1.165) is 4.31 Å². The molecule has 0 saturated carbocycles. The third kappa shape index (κ3) is 3.17. The largest absolute Gasteiger partial charge is 0.464 e. The number of aliphatic hydroxyl groups is 1. The first-order chi connectivity index (χ1) is 9.14. The van der Waals surface area contributed by atoms with E-state index >= 15 is 0 Å². The molecule has 0 heterocycles. The van der Waals surface area contributed by atoms with Gasteiger partial charge in [0.25, 0.3) is 0 Å². The Bertz CT molecular complexity index is 575. The molecule has 20 heavy (non-hydrogen) atoms. The van der Waals surface area contributed by atoms with E-state index in [9.17, 15) is 18.3 Å². The zero-order valence-corrected chi connectivity index (χ0v) is 12.8. The molecule has 1 aromatic carbocycles. The summed E-state index contributed by atoms with van der Waals surface area (Å²) in [5, 5.41) is 10.2. The van der Waals surface area contributed by atoms with E-state index in [1.54, 1.807) is 6.92 Å². The average molecular weight is 301 g/mol. The van der Waals surface area contributed by atoms with Gasteiger partial charge in [0.05, 0.1) is 11.5 Å². The first kappa shape index (κ1) is 16.6. The number of sulfonamides is 1. The van der Waals surface area contributed by atoms with Crippen molar-refractivity contribution in [1.29, 1.82) is 0 Å². The minimum absolute atomic E-state index is 0.0888. The molecule has 6 nitrogen and oxygen atoms in total. The maximum absolute atomic E-state index is 11.9. The number of hydrogen-bond acceptors (Lipinski definition) is 5. The predicted octanol–water partition coefficient (Wildman–Crippen LogP) is 0.707. The van der Waals surface area contributed by atoms with Gasteiger partial charge in [-0.1, -0.05) is 12.1 Å². The third-order valence-corrected chi connectivity index (χ3v) is 4.70. The Kier molecular flexibility index (Phi) is 4.90. The van der Waals surface area contributed by atoms with Crippen LogP contribution in [0, 0.1) is 0 Å². The van der Waals surface area contributed by atoms with Crippen molar-refractivity contribution in [3.05, 3.63) is 29.8 Å². The van der Waals surface area contributed by atoms with Crippen LogP contribution in [0.5, 0.6) is 0 Å². The van der Waals surface area contributed by atoms with Gasteiger partial charge in [-0.25, -0.2) is 17.5 Å². The second kappa shape index (κ2) is 5.90. The van der Waals surface area contributed by atoms with E-state index in [1.165, 1.54) is 45.3 Å². The highest BCUT2D eigenvalue weighted by molar-refractivity contribution is 7.89. The van der Waals surface area contributed by atoms with Gasteiger partial charge < -0.3 is 9.84 Å². The van der Waals surface area contributed by atoms with Crippen LogP contribution in [0.4, 0.5) is 0 Å². The van der Waals surface area contributed by atoms with Crippen LogP contribution in [-0.2, 0) is 25.2 Å². The van der Waals surface area contributed by atoms with Gasteiger partial charge in [-0.15, -0.1) is 0 Å². The van der Waals surface area contributed by atoms with Crippen molar-refractivity contribution in [3.63, 3.8) is 0 Å². The summed E-state index contributed by atoms with van der Waals surface area (Å²) in [7, 11) is -0.677. The van der Waals surface area contributed by atoms with Crippen LogP contribution >= 0.6 is 0 Å². The highest BCUT2D eigenvalue weighted by Crippen LogP contribution is 2.24. The second-order valence-electron chi connectivity index (χ2n) is 4.60. The van der Waals surface area contributed by atoms with Crippen LogP contribution in [0.15, 0.2) is 29.2 Å². The van der Waals surface area contributed by atoms with Crippen LogP contribution in [0.25, 0.3) is 0 Å². The van der Waals surface area contributed by atoms with Gasteiger partial charge in [0, 0.05) is 14.1 Å². The predicted molar refractivity (Wildman–Crippen MR) is 73.5 cm³/mol. The lowest BCUT2D eigenvalue weighted by Crippen LogP contribution is -2.34. The van der Waals surface area contributed by atoms with Gasteiger partial charge in [-0.3, -0.25) is 0 Å². The maximum atomic E-state index is 11.9. The minimum atomic E-state index is -3.53. The molecule has 0 aliphatic heterocycles. The van der Waals surface area contributed by atoms with Crippen molar-refractivity contribution in [3.8, 4) is 0 Å². The lowest BCUT2D eigenvalue weighted by atomic mass is 9.96. The molecule has 1 rings (SSSR count). The zero-order valence-electron chi connectivity index (χ0n) is 12.0. The highest BCUT2D eigenvalue weighted by Gasteiger charge is 2.34. The van der Waals surface area contributed by atoms with Gasteiger partial charge >= 0.3 is 5.97 Å². The number of esters is 1. The first-order valence-corrected chi connectivity index (χ1v) is 7.50. The summed E-state index contributed by atoms with van der Waals surface area (Å²) in [5.41, 5.74) is -1.54. The summed E-state index contributed by atoms with van der Waals surface area (Å²) >= 11 is 0. The summed E-state index contributed by atoms with van der Waals surface area (Å²) in [5.74, 6) is -0.775. The van der Waals surface area contributed by atoms with Crippen LogP contribution in [0.1, 0.15) is 19.4 Å². The van der Waals surface area contributed by atoms with Crippen LogP contribution in [0.3, 0.4) is 0 Å². The second-order valence-corrected chi connectivity index (χ2v) is 6.76. The first-order valence-electron chi connectivity index (χ1n) is 6.06. The number of carbonyl (C=O) groups is 1. The van der Waals surface area contributed by atoms with E-state index in [0.29, 0.717) is 0 Å². The molecule has 112 valence electrons. The number of rotatable bonds is 5. The van der Waals surface area contributed by atoms with E-state index in [4.69, 9.17) is 4.74 Å². The van der Waals surface area contributed by atoms with E-state index in [-0.39, 0.29) is 17.1 Å². The fraction of sp³-hybridized carbons (Fsp3) is 0.462. The number of nitrogens with zero attached hydrogens (tertiary/aromatic N) is 1. The Balaban J connectivity index is 3.12. The zero-order chi connectivity index (χ0) is 15.6. The summed E-state index contributed by atoms with van der Waals surface area (Å²) in [6, 6.07) is 5.48. The Morgan fingerprint density at radius 2 is 1.80 bits per heavy atom. The molecule has 0 aliphatic rings. The van der Waals surface area contributed by atoms with Crippen molar-refractivity contribution in [2.45, 2.75) is 24.3 Å². The molecule has 0 spiro atoms. The van der Waals surface area contributed by atoms with E-state index in [1.807, 2.05) is 0 Å². The molecule has 0 aromatic heterocycles. The van der Waals surface area contributed by atoms with Crippen LogP contribution in [-0.4, -0.2) is 44.5 Å². The Hall–Kier alpha value is -1.44. The number of benzene rings is 1. The fourth-order valence-electron chi connectivity index (χ4n) is 1.55. The van der Waals surface area contributed by atoms with Gasteiger partial charge in [-0.05, 0) is 31.5 Å². The highest BCUT2D eigenvalue weighted by atomic mass is 32.2. The lowest BCUT2D eigenvalue weighted by molar-refractivity contribution is -0.164. The quantitative estimate of drug-likeness (QED) is 0.810. The number of ether oxygens (including phenoxy) is 1. The Morgan fingerprint density at radius 3 is 2.20 bits per heavy atom. The van der Waals surface area contributed by atoms with Crippen molar-refractivity contribution in [2.75, 3.05) is 20.7 Å². The smallest absolute Gasteiger partial charge is 0.342 e. The summed E-state index contributed by atoms with van der Waals surface area (Å²) in [6.45, 7) is 3.10. The summed E-state index contributed by atoms with van der Waals surface area (Å²) in [6.07, 6.45) is 0. The molecule has 0 saturated heterocycles. The summed E-state index contributed by atoms with van der Waals surface area (Å²) < 4.78 is 29.7. The molecule has 0 radical (unpaired) electrons. The molecule has 1 atom stereocenters. The molecular weight excluding hydrogens is 282 g/mol. The molecular formula is C13H19NO5S. The normalized spacial score (nSPS) is 14.9. The van der Waals surface area contributed by atoms with Crippen LogP contribution in [0.2, 0.25) is 0 Å². The standard InChI is InChI=1S/C13H19NO5S/c1-5-19-12(15)13(2,16)10-6-8-11(9-7-10)20(17,18)14(3)4/h6-9,16H,5H2,1-4H3. The molecule has 0 bridgehead atoms. The lowest BCUT2D eigenvalue weighted by Gasteiger charge is -2.21. The third-order valence-electron chi connectivity index (χ3n) is 2.87. The van der Waals surface area contributed by atoms with Crippen LogP contribution < -0.4 is 0 Å². The van der Waals surface area contributed by atoms with Gasteiger partial charge in [0.15, 0.2) is 5.60 Å². The number of hydrogen-bond donors (Lipinski definition) is 1. The SMILES string of the molecule is CCOC(=O)C(C)(O)c1ccc(S(=O)(=O)N(C)C)cc1. The van der Waals surface area contributed by atoms with Crippen molar-refractivity contribution >= 4 is 16.0 Å². The monoisotopic (exact) mass is 301 g/mol. The van der Waals surface area contributed by atoms with Gasteiger partial charge in [-0.2, -0.15) is 0 Å². The van der Waals surface area contributed by atoms with E-state index < -0.39 is 21.6 Å².